The fourth-order valence-corrected chi connectivity index (χ4v) is 3.06. The highest BCUT2D eigenvalue weighted by Gasteiger charge is 2.25. The number of nitrogens with zero attached hydrogens (tertiary/aromatic N) is 2. The van der Waals surface area contributed by atoms with Crippen LogP contribution in [0.3, 0.4) is 0 Å². The summed E-state index contributed by atoms with van der Waals surface area (Å²) < 4.78 is 0. The van der Waals surface area contributed by atoms with Gasteiger partial charge >= 0.3 is 5.97 Å². The van der Waals surface area contributed by atoms with E-state index in [0.717, 1.165) is 30.1 Å². The quantitative estimate of drug-likeness (QED) is 0.911. The second-order valence-electron chi connectivity index (χ2n) is 5.35. The van der Waals surface area contributed by atoms with Crippen LogP contribution in [-0.4, -0.2) is 39.3 Å². The number of benzene rings is 1. The van der Waals surface area contributed by atoms with Crippen molar-refractivity contribution >= 4 is 17.6 Å². The fourth-order valence-electron chi connectivity index (χ4n) is 2.87. The molecule has 0 aliphatic carbocycles. The molecule has 21 heavy (non-hydrogen) atoms. The Morgan fingerprint density at radius 2 is 2.38 bits per heavy atom. The SMILES string of the molecule is O=C(O)c1[nH]ncc1CN1CC[C@@H](c2cccc(Cl)c2)C1. The lowest BCUT2D eigenvalue weighted by molar-refractivity contribution is 0.0688. The van der Waals surface area contributed by atoms with Crippen molar-refractivity contribution in [1.29, 1.82) is 0 Å². The first kappa shape index (κ1) is 14.1. The molecule has 6 heteroatoms. The number of halogens is 1. The van der Waals surface area contributed by atoms with E-state index < -0.39 is 5.97 Å². The Kier molecular flexibility index (Phi) is 3.94. The zero-order valence-electron chi connectivity index (χ0n) is 11.4. The van der Waals surface area contributed by atoms with Crippen LogP contribution in [0.4, 0.5) is 0 Å². The first-order chi connectivity index (χ1) is 10.1. The molecule has 2 N–H and O–H groups in total. The number of aromatic nitrogens is 2. The molecular weight excluding hydrogens is 290 g/mol. The molecule has 110 valence electrons. The van der Waals surface area contributed by atoms with E-state index in [2.05, 4.69) is 21.2 Å². The summed E-state index contributed by atoms with van der Waals surface area (Å²) in [7, 11) is 0. The maximum atomic E-state index is 11.1. The topological polar surface area (TPSA) is 69.2 Å². The van der Waals surface area contributed by atoms with Crippen LogP contribution in [0.15, 0.2) is 30.5 Å². The lowest BCUT2D eigenvalue weighted by Crippen LogP contribution is -2.20. The molecule has 2 aromatic rings. The molecule has 1 aromatic carbocycles. The zero-order valence-corrected chi connectivity index (χ0v) is 12.2. The third-order valence-electron chi connectivity index (χ3n) is 3.92. The van der Waals surface area contributed by atoms with Gasteiger partial charge in [0.2, 0.25) is 0 Å². The molecule has 0 amide bonds. The molecule has 1 aliphatic heterocycles. The Morgan fingerprint density at radius 3 is 3.14 bits per heavy atom. The summed E-state index contributed by atoms with van der Waals surface area (Å²) in [4.78, 5) is 13.3. The van der Waals surface area contributed by atoms with Crippen LogP contribution >= 0.6 is 11.6 Å². The van der Waals surface area contributed by atoms with Crippen LogP contribution in [0.1, 0.15) is 34.0 Å². The van der Waals surface area contributed by atoms with Crippen molar-refractivity contribution in [1.82, 2.24) is 15.1 Å². The van der Waals surface area contributed by atoms with Crippen molar-refractivity contribution in [2.75, 3.05) is 13.1 Å². The zero-order chi connectivity index (χ0) is 14.8. The third kappa shape index (κ3) is 3.09. The van der Waals surface area contributed by atoms with Gasteiger partial charge in [0.05, 0.1) is 6.20 Å². The predicted octanol–water partition coefficient (Wildman–Crippen LogP) is 2.75. The van der Waals surface area contributed by atoms with Crippen molar-refractivity contribution in [2.24, 2.45) is 0 Å². The number of likely N-dealkylation sites (tertiary alicyclic amines) is 1. The van der Waals surface area contributed by atoms with Crippen molar-refractivity contribution in [2.45, 2.75) is 18.9 Å². The van der Waals surface area contributed by atoms with Gasteiger partial charge in [0.15, 0.2) is 0 Å². The van der Waals surface area contributed by atoms with Gasteiger partial charge in [0.1, 0.15) is 5.69 Å². The minimum absolute atomic E-state index is 0.182. The van der Waals surface area contributed by atoms with Gasteiger partial charge in [-0.2, -0.15) is 5.10 Å². The molecule has 1 aromatic heterocycles. The molecule has 2 heterocycles. The molecule has 1 saturated heterocycles. The maximum absolute atomic E-state index is 11.1. The van der Waals surface area contributed by atoms with E-state index in [0.29, 0.717) is 12.5 Å². The Balaban J connectivity index is 1.67. The Bertz CT molecular complexity index is 656. The monoisotopic (exact) mass is 305 g/mol. The van der Waals surface area contributed by atoms with E-state index in [1.807, 2.05) is 18.2 Å². The normalized spacial score (nSPS) is 19.0. The summed E-state index contributed by atoms with van der Waals surface area (Å²) in [6, 6.07) is 7.96. The molecule has 0 saturated carbocycles. The van der Waals surface area contributed by atoms with Crippen molar-refractivity contribution in [3.63, 3.8) is 0 Å². The number of carboxylic acids is 1. The first-order valence-electron chi connectivity index (χ1n) is 6.87. The van der Waals surface area contributed by atoms with Gasteiger partial charge in [-0.1, -0.05) is 23.7 Å². The predicted molar refractivity (Wildman–Crippen MR) is 79.6 cm³/mol. The number of aromatic amines is 1. The van der Waals surface area contributed by atoms with E-state index in [-0.39, 0.29) is 5.69 Å². The number of carbonyl (C=O) groups is 1. The van der Waals surface area contributed by atoms with Crippen LogP contribution in [0.2, 0.25) is 5.02 Å². The van der Waals surface area contributed by atoms with Crippen molar-refractivity contribution in [3.8, 4) is 0 Å². The number of carboxylic acid groups (broad SMARTS) is 1. The van der Waals surface area contributed by atoms with E-state index in [1.54, 1.807) is 6.20 Å². The highest BCUT2D eigenvalue weighted by Crippen LogP contribution is 2.29. The number of nitrogens with one attached hydrogen (secondary N) is 1. The smallest absolute Gasteiger partial charge is 0.354 e. The van der Waals surface area contributed by atoms with Crippen molar-refractivity contribution in [3.05, 3.63) is 52.3 Å². The Morgan fingerprint density at radius 1 is 1.52 bits per heavy atom. The van der Waals surface area contributed by atoms with Gasteiger partial charge in [0, 0.05) is 23.7 Å². The molecule has 0 spiro atoms. The van der Waals surface area contributed by atoms with Crippen LogP contribution in [0.5, 0.6) is 0 Å². The summed E-state index contributed by atoms with van der Waals surface area (Å²) in [5.41, 5.74) is 2.16. The van der Waals surface area contributed by atoms with Crippen molar-refractivity contribution < 1.29 is 9.90 Å². The molecule has 0 bridgehead atoms. The minimum atomic E-state index is -0.965. The first-order valence-corrected chi connectivity index (χ1v) is 7.24. The highest BCUT2D eigenvalue weighted by molar-refractivity contribution is 6.30. The summed E-state index contributed by atoms with van der Waals surface area (Å²) in [6.07, 6.45) is 2.65. The summed E-state index contributed by atoms with van der Waals surface area (Å²) in [6.45, 7) is 2.46. The molecule has 1 aliphatic rings. The van der Waals surface area contributed by atoms with E-state index >= 15 is 0 Å². The largest absolute Gasteiger partial charge is 0.477 e. The number of rotatable bonds is 4. The summed E-state index contributed by atoms with van der Waals surface area (Å²) >= 11 is 6.04. The highest BCUT2D eigenvalue weighted by atomic mass is 35.5. The third-order valence-corrected chi connectivity index (χ3v) is 4.15. The van der Waals surface area contributed by atoms with E-state index in [4.69, 9.17) is 16.7 Å². The molecular formula is C15H16ClN3O2. The summed E-state index contributed by atoms with van der Waals surface area (Å²) in [5.74, 6) is -0.517. The maximum Gasteiger partial charge on any atom is 0.354 e. The van der Waals surface area contributed by atoms with Gasteiger partial charge in [0.25, 0.3) is 0 Å². The number of aromatic carboxylic acids is 1. The van der Waals surface area contributed by atoms with Gasteiger partial charge in [-0.3, -0.25) is 10.00 Å². The van der Waals surface area contributed by atoms with Gasteiger partial charge in [-0.15, -0.1) is 0 Å². The average Bonchev–Trinajstić information content (AvgIpc) is 3.08. The number of H-pyrrole nitrogens is 1. The molecule has 1 atom stereocenters. The van der Waals surface area contributed by atoms with Gasteiger partial charge in [-0.25, -0.2) is 4.79 Å². The fraction of sp³-hybridized carbons (Fsp3) is 0.333. The lowest BCUT2D eigenvalue weighted by atomic mass is 9.99. The Labute approximate surface area is 127 Å². The number of hydrogen-bond acceptors (Lipinski definition) is 3. The molecule has 0 radical (unpaired) electrons. The average molecular weight is 306 g/mol. The standard InChI is InChI=1S/C15H16ClN3O2/c16-13-3-1-2-10(6-13)11-4-5-19(8-11)9-12-7-17-18-14(12)15(20)21/h1-3,6-7,11H,4-5,8-9H2,(H,17,18)(H,20,21)/t11-/m1/s1. The lowest BCUT2D eigenvalue weighted by Gasteiger charge is -2.15. The number of hydrogen-bond donors (Lipinski definition) is 2. The van der Waals surface area contributed by atoms with Crippen LogP contribution in [-0.2, 0) is 6.54 Å². The minimum Gasteiger partial charge on any atom is -0.477 e. The second kappa shape index (κ2) is 5.87. The van der Waals surface area contributed by atoms with Crippen LogP contribution in [0, 0.1) is 0 Å². The molecule has 1 fully saturated rings. The van der Waals surface area contributed by atoms with Crippen LogP contribution < -0.4 is 0 Å². The van der Waals surface area contributed by atoms with Gasteiger partial charge in [-0.05, 0) is 36.6 Å². The summed E-state index contributed by atoms with van der Waals surface area (Å²) in [5, 5.41) is 16.2. The Hall–Kier alpha value is -1.85. The van der Waals surface area contributed by atoms with E-state index in [9.17, 15) is 4.79 Å². The molecule has 5 nitrogen and oxygen atoms in total. The van der Waals surface area contributed by atoms with E-state index in [1.165, 1.54) is 5.56 Å². The molecule has 0 unspecified atom stereocenters. The second-order valence-corrected chi connectivity index (χ2v) is 5.79. The molecule has 3 rings (SSSR count). The van der Waals surface area contributed by atoms with Crippen LogP contribution in [0.25, 0.3) is 0 Å². The van der Waals surface area contributed by atoms with Gasteiger partial charge < -0.3 is 5.11 Å².